The second-order valence-electron chi connectivity index (χ2n) is 8.40. The molecule has 4 rings (SSSR count). The van der Waals surface area contributed by atoms with Gasteiger partial charge in [-0.1, -0.05) is 18.2 Å². The fraction of sp³-hybridized carbons (Fsp3) is 0.240. The van der Waals surface area contributed by atoms with E-state index in [0.717, 1.165) is 18.2 Å². The molecular weight excluding hydrogens is 537 g/mol. The van der Waals surface area contributed by atoms with Crippen molar-refractivity contribution in [3.05, 3.63) is 77.6 Å². The van der Waals surface area contributed by atoms with Crippen LogP contribution in [0.2, 0.25) is 0 Å². The Morgan fingerprint density at radius 2 is 1.71 bits per heavy atom. The summed E-state index contributed by atoms with van der Waals surface area (Å²) in [5.41, 5.74) is 0.192. The summed E-state index contributed by atoms with van der Waals surface area (Å²) < 4.78 is 80.8. The predicted octanol–water partition coefficient (Wildman–Crippen LogP) is 3.22. The van der Waals surface area contributed by atoms with E-state index in [-0.39, 0.29) is 47.5 Å². The second-order valence-corrected chi connectivity index (χ2v) is 12.0. The molecule has 1 heterocycles. The zero-order chi connectivity index (χ0) is 27.5. The third-order valence-electron chi connectivity index (χ3n) is 5.88. The molecule has 1 aliphatic heterocycles. The Labute approximate surface area is 220 Å². The van der Waals surface area contributed by atoms with E-state index in [4.69, 9.17) is 9.47 Å². The molecular formula is C25H26FN3O7S2. The average Bonchev–Trinajstić information content (AvgIpc) is 2.90. The number of methoxy groups -OCH3 is 1. The van der Waals surface area contributed by atoms with Crippen LogP contribution in [-0.4, -0.2) is 60.5 Å². The summed E-state index contributed by atoms with van der Waals surface area (Å²) in [6.07, 6.45) is 0. The van der Waals surface area contributed by atoms with Crippen molar-refractivity contribution in [3.63, 3.8) is 0 Å². The van der Waals surface area contributed by atoms with Crippen LogP contribution in [0.3, 0.4) is 0 Å². The van der Waals surface area contributed by atoms with Crippen LogP contribution < -0.4 is 14.8 Å². The summed E-state index contributed by atoms with van der Waals surface area (Å²) in [6, 6.07) is 13.6. The van der Waals surface area contributed by atoms with Gasteiger partial charge in [0.25, 0.3) is 15.9 Å². The number of hydrogen-bond donors (Lipinski definition) is 2. The van der Waals surface area contributed by atoms with E-state index >= 15 is 0 Å². The van der Waals surface area contributed by atoms with Gasteiger partial charge in [0.05, 0.1) is 41.4 Å². The van der Waals surface area contributed by atoms with Gasteiger partial charge in [-0.15, -0.1) is 0 Å². The van der Waals surface area contributed by atoms with Crippen molar-refractivity contribution in [2.75, 3.05) is 43.5 Å². The number of para-hydroxylation sites is 2. The largest absolute Gasteiger partial charge is 0.495 e. The first kappa shape index (κ1) is 27.5. The Kier molecular flexibility index (Phi) is 8.02. The van der Waals surface area contributed by atoms with Crippen molar-refractivity contribution in [2.45, 2.75) is 16.7 Å². The van der Waals surface area contributed by atoms with Crippen molar-refractivity contribution >= 4 is 37.3 Å². The van der Waals surface area contributed by atoms with Gasteiger partial charge in [-0.25, -0.2) is 21.2 Å². The molecule has 0 bridgehead atoms. The van der Waals surface area contributed by atoms with Crippen LogP contribution in [0.15, 0.2) is 70.5 Å². The number of amides is 1. The van der Waals surface area contributed by atoms with E-state index in [1.54, 1.807) is 25.1 Å². The number of morpholine rings is 1. The van der Waals surface area contributed by atoms with Crippen molar-refractivity contribution in [2.24, 2.45) is 0 Å². The molecule has 38 heavy (non-hydrogen) atoms. The Morgan fingerprint density at radius 1 is 1.00 bits per heavy atom. The van der Waals surface area contributed by atoms with Crippen molar-refractivity contribution in [1.82, 2.24) is 4.31 Å². The van der Waals surface area contributed by atoms with Crippen LogP contribution in [-0.2, 0) is 24.8 Å². The lowest BCUT2D eigenvalue weighted by molar-refractivity contribution is 0.0730. The van der Waals surface area contributed by atoms with Crippen LogP contribution in [0.1, 0.15) is 15.9 Å². The third kappa shape index (κ3) is 5.80. The molecule has 3 aromatic rings. The van der Waals surface area contributed by atoms with Gasteiger partial charge in [0.15, 0.2) is 0 Å². The molecule has 0 radical (unpaired) electrons. The minimum atomic E-state index is -4.10. The number of ether oxygens (including phenoxy) is 2. The molecule has 3 aromatic carbocycles. The fourth-order valence-electron chi connectivity index (χ4n) is 3.87. The Bertz CT molecular complexity index is 1570. The number of nitrogens with one attached hydrogen (secondary N) is 2. The lowest BCUT2D eigenvalue weighted by Crippen LogP contribution is -2.40. The molecule has 1 fully saturated rings. The van der Waals surface area contributed by atoms with E-state index in [1.807, 2.05) is 0 Å². The number of hydrogen-bond acceptors (Lipinski definition) is 7. The number of benzene rings is 3. The first-order chi connectivity index (χ1) is 18.0. The number of rotatable bonds is 8. The quantitative estimate of drug-likeness (QED) is 0.430. The molecule has 0 atom stereocenters. The van der Waals surface area contributed by atoms with Gasteiger partial charge in [0.1, 0.15) is 11.6 Å². The summed E-state index contributed by atoms with van der Waals surface area (Å²) >= 11 is 0. The molecule has 13 heteroatoms. The lowest BCUT2D eigenvalue weighted by Gasteiger charge is -2.26. The molecule has 1 amide bonds. The van der Waals surface area contributed by atoms with Gasteiger partial charge in [-0.3, -0.25) is 9.52 Å². The minimum absolute atomic E-state index is 0.0711. The monoisotopic (exact) mass is 563 g/mol. The number of anilines is 2. The molecule has 0 aromatic heterocycles. The normalized spacial score (nSPS) is 14.6. The van der Waals surface area contributed by atoms with Crippen molar-refractivity contribution in [1.29, 1.82) is 0 Å². The Morgan fingerprint density at radius 3 is 2.42 bits per heavy atom. The maximum Gasteiger partial charge on any atom is 0.262 e. The molecule has 0 unspecified atom stereocenters. The molecule has 202 valence electrons. The maximum absolute atomic E-state index is 14.6. The van der Waals surface area contributed by atoms with Crippen LogP contribution in [0, 0.1) is 12.7 Å². The highest BCUT2D eigenvalue weighted by Crippen LogP contribution is 2.29. The van der Waals surface area contributed by atoms with Gasteiger partial charge in [-0.05, 0) is 55.0 Å². The number of carbonyl (C=O) groups is 1. The highest BCUT2D eigenvalue weighted by Gasteiger charge is 2.28. The van der Waals surface area contributed by atoms with Crippen molar-refractivity contribution < 1.29 is 35.5 Å². The maximum atomic E-state index is 14.6. The summed E-state index contributed by atoms with van der Waals surface area (Å²) in [7, 11) is -6.65. The number of carbonyl (C=O) groups excluding carboxylic acids is 1. The topological polar surface area (TPSA) is 131 Å². The van der Waals surface area contributed by atoms with Crippen molar-refractivity contribution in [3.8, 4) is 5.75 Å². The van der Waals surface area contributed by atoms with Crippen LogP contribution in [0.25, 0.3) is 0 Å². The lowest BCUT2D eigenvalue weighted by atomic mass is 10.2. The molecule has 0 saturated carbocycles. The van der Waals surface area contributed by atoms with E-state index < -0.39 is 37.3 Å². The molecule has 0 aliphatic carbocycles. The highest BCUT2D eigenvalue weighted by molar-refractivity contribution is 7.92. The number of sulfonamides is 2. The van der Waals surface area contributed by atoms with Gasteiger partial charge in [0.2, 0.25) is 10.0 Å². The van der Waals surface area contributed by atoms with E-state index in [2.05, 4.69) is 10.0 Å². The van der Waals surface area contributed by atoms with Crippen LogP contribution >= 0.6 is 0 Å². The summed E-state index contributed by atoms with van der Waals surface area (Å²) in [6.45, 7) is 2.34. The molecule has 0 spiro atoms. The van der Waals surface area contributed by atoms with E-state index in [9.17, 15) is 26.0 Å². The zero-order valence-corrected chi connectivity index (χ0v) is 22.2. The van der Waals surface area contributed by atoms with Gasteiger partial charge >= 0.3 is 0 Å². The summed E-state index contributed by atoms with van der Waals surface area (Å²) in [5.74, 6) is -1.55. The number of aryl methyl sites for hydroxylation is 1. The standard InChI is InChI=1S/C25H26FN3O7S2/c1-17-7-8-18(15-24(17)37(31,32)28-22-5-3-4-6-23(22)35-2)27-25(30)20-16-19(9-10-21(20)26)38(33,34)29-11-13-36-14-12-29/h3-10,15-16,28H,11-14H2,1-2H3,(H,27,30). The fourth-order valence-corrected chi connectivity index (χ4v) is 6.65. The zero-order valence-electron chi connectivity index (χ0n) is 20.6. The summed E-state index contributed by atoms with van der Waals surface area (Å²) in [4.78, 5) is 12.6. The first-order valence-electron chi connectivity index (χ1n) is 11.5. The third-order valence-corrected chi connectivity index (χ3v) is 9.28. The van der Waals surface area contributed by atoms with Crippen LogP contribution in [0.5, 0.6) is 5.75 Å². The molecule has 1 saturated heterocycles. The van der Waals surface area contributed by atoms with E-state index in [1.165, 1.54) is 35.7 Å². The number of halogens is 1. The smallest absolute Gasteiger partial charge is 0.262 e. The van der Waals surface area contributed by atoms with Gasteiger partial charge in [-0.2, -0.15) is 4.31 Å². The number of nitrogens with zero attached hydrogens (tertiary/aromatic N) is 1. The molecule has 1 aliphatic rings. The van der Waals surface area contributed by atoms with Crippen LogP contribution in [0.4, 0.5) is 15.8 Å². The highest BCUT2D eigenvalue weighted by atomic mass is 32.2. The predicted molar refractivity (Wildman–Crippen MR) is 139 cm³/mol. The Balaban J connectivity index is 1.60. The first-order valence-corrected chi connectivity index (χ1v) is 14.4. The Hall–Kier alpha value is -3.52. The SMILES string of the molecule is COc1ccccc1NS(=O)(=O)c1cc(NC(=O)c2cc(S(=O)(=O)N3CCOCC3)ccc2F)ccc1C. The molecule has 10 nitrogen and oxygen atoms in total. The van der Waals surface area contributed by atoms with E-state index in [0.29, 0.717) is 11.3 Å². The van der Waals surface area contributed by atoms with Gasteiger partial charge in [0, 0.05) is 18.8 Å². The summed E-state index contributed by atoms with van der Waals surface area (Å²) in [5, 5.41) is 2.46. The average molecular weight is 564 g/mol. The second kappa shape index (κ2) is 11.1. The molecule has 2 N–H and O–H groups in total. The minimum Gasteiger partial charge on any atom is -0.495 e. The van der Waals surface area contributed by atoms with Gasteiger partial charge < -0.3 is 14.8 Å².